The molecular weight excluding hydrogens is 311 g/mol. The van der Waals surface area contributed by atoms with Crippen molar-refractivity contribution in [2.24, 2.45) is 5.84 Å². The lowest BCUT2D eigenvalue weighted by Crippen LogP contribution is -2.13. The monoisotopic (exact) mass is 324 g/mol. The van der Waals surface area contributed by atoms with Crippen molar-refractivity contribution in [1.82, 2.24) is 9.97 Å². The number of hydrogen-bond acceptors (Lipinski definition) is 5. The van der Waals surface area contributed by atoms with Gasteiger partial charge in [0.05, 0.1) is 10.6 Å². The number of ether oxygens (including phenoxy) is 1. The molecule has 0 spiro atoms. The van der Waals surface area contributed by atoms with Crippen LogP contribution in [0.4, 0.5) is 5.82 Å². The molecule has 0 amide bonds. The van der Waals surface area contributed by atoms with Gasteiger partial charge in [0, 0.05) is 17.0 Å². The van der Waals surface area contributed by atoms with Crippen molar-refractivity contribution >= 4 is 29.0 Å². The van der Waals surface area contributed by atoms with Crippen LogP contribution in [0.15, 0.2) is 18.2 Å². The Hall–Kier alpha value is -1.56. The first-order valence-electron chi connectivity index (χ1n) is 6.56. The third kappa shape index (κ3) is 3.05. The summed E-state index contributed by atoms with van der Waals surface area (Å²) >= 11 is 12.1. The van der Waals surface area contributed by atoms with Gasteiger partial charge in [0.15, 0.2) is 5.82 Å². The van der Waals surface area contributed by atoms with E-state index in [0.29, 0.717) is 33.4 Å². The molecule has 5 nitrogen and oxygen atoms in total. The molecule has 2 aromatic rings. The molecular formula is C14H14Cl2N4O. The molecule has 0 saturated heterocycles. The van der Waals surface area contributed by atoms with Crippen LogP contribution >= 0.6 is 23.2 Å². The molecule has 3 rings (SSSR count). The van der Waals surface area contributed by atoms with Gasteiger partial charge < -0.3 is 10.2 Å². The topological polar surface area (TPSA) is 73.1 Å². The number of hydrazine groups is 1. The Kier molecular flexibility index (Phi) is 3.89. The summed E-state index contributed by atoms with van der Waals surface area (Å²) in [5, 5.41) is 1.01. The number of rotatable bonds is 4. The van der Waals surface area contributed by atoms with Crippen molar-refractivity contribution in [2.75, 3.05) is 5.43 Å². The van der Waals surface area contributed by atoms with E-state index in [4.69, 9.17) is 33.8 Å². The van der Waals surface area contributed by atoms with Gasteiger partial charge in [0.2, 0.25) is 5.88 Å². The summed E-state index contributed by atoms with van der Waals surface area (Å²) in [4.78, 5) is 8.89. The second kappa shape index (κ2) is 5.67. The number of halogens is 2. The molecule has 0 aliphatic heterocycles. The number of aromatic nitrogens is 2. The first-order chi connectivity index (χ1) is 10.1. The van der Waals surface area contributed by atoms with Crippen LogP contribution in [0.1, 0.15) is 30.1 Å². The van der Waals surface area contributed by atoms with Gasteiger partial charge in [0.25, 0.3) is 0 Å². The third-order valence-electron chi connectivity index (χ3n) is 3.30. The van der Waals surface area contributed by atoms with E-state index in [1.54, 1.807) is 18.2 Å². The minimum Gasteiger partial charge on any atom is -0.437 e. The fourth-order valence-electron chi connectivity index (χ4n) is 1.94. The average Bonchev–Trinajstić information content (AvgIpc) is 3.29. The summed E-state index contributed by atoms with van der Waals surface area (Å²) in [6, 6.07) is 5.03. The summed E-state index contributed by atoms with van der Waals surface area (Å²) in [5.41, 5.74) is 3.30. The van der Waals surface area contributed by atoms with Crippen LogP contribution in [-0.4, -0.2) is 9.97 Å². The molecule has 1 fully saturated rings. The van der Waals surface area contributed by atoms with E-state index in [1.165, 1.54) is 0 Å². The van der Waals surface area contributed by atoms with Gasteiger partial charge in [-0.1, -0.05) is 23.2 Å². The Balaban J connectivity index is 2.00. The lowest BCUT2D eigenvalue weighted by Gasteiger charge is -2.13. The van der Waals surface area contributed by atoms with E-state index in [-0.39, 0.29) is 0 Å². The molecule has 1 aromatic heterocycles. The van der Waals surface area contributed by atoms with Crippen molar-refractivity contribution in [3.8, 4) is 11.6 Å². The minimum absolute atomic E-state index is 0.384. The van der Waals surface area contributed by atoms with Crippen LogP contribution in [0.2, 0.25) is 10.0 Å². The van der Waals surface area contributed by atoms with Gasteiger partial charge in [-0.05, 0) is 31.9 Å². The molecule has 1 heterocycles. The second-order valence-electron chi connectivity index (χ2n) is 4.96. The maximum Gasteiger partial charge on any atom is 0.227 e. The molecule has 3 N–H and O–H groups in total. The largest absolute Gasteiger partial charge is 0.437 e. The van der Waals surface area contributed by atoms with Gasteiger partial charge in [-0.3, -0.25) is 0 Å². The SMILES string of the molecule is Cc1c(NN)nc(C2CC2)nc1Oc1cc(Cl)ccc1Cl. The van der Waals surface area contributed by atoms with E-state index in [2.05, 4.69) is 15.4 Å². The number of nitrogens with zero attached hydrogens (tertiary/aromatic N) is 2. The highest BCUT2D eigenvalue weighted by molar-refractivity contribution is 6.34. The lowest BCUT2D eigenvalue weighted by molar-refractivity contribution is 0.455. The maximum atomic E-state index is 6.12. The van der Waals surface area contributed by atoms with Gasteiger partial charge in [0.1, 0.15) is 11.6 Å². The van der Waals surface area contributed by atoms with Crippen molar-refractivity contribution in [3.05, 3.63) is 39.6 Å². The zero-order valence-electron chi connectivity index (χ0n) is 11.4. The minimum atomic E-state index is 0.384. The number of hydrogen-bond donors (Lipinski definition) is 2. The van der Waals surface area contributed by atoms with E-state index < -0.39 is 0 Å². The molecule has 1 aliphatic carbocycles. The first kappa shape index (κ1) is 14.4. The van der Waals surface area contributed by atoms with Gasteiger partial charge in [-0.15, -0.1) is 0 Å². The number of benzene rings is 1. The Morgan fingerprint density at radius 2 is 2.05 bits per heavy atom. The fraction of sp³-hybridized carbons (Fsp3) is 0.286. The van der Waals surface area contributed by atoms with E-state index in [1.807, 2.05) is 6.92 Å². The van der Waals surface area contributed by atoms with E-state index in [0.717, 1.165) is 24.2 Å². The standard InChI is InChI=1S/C14H14Cl2N4O/c1-7-12(20-17)18-13(8-2-3-8)19-14(7)21-11-6-9(15)4-5-10(11)16/h4-6,8H,2-3,17H2,1H3,(H,18,19,20). The molecule has 21 heavy (non-hydrogen) atoms. The van der Waals surface area contributed by atoms with E-state index >= 15 is 0 Å². The molecule has 0 bridgehead atoms. The Bertz CT molecular complexity index is 689. The molecule has 0 atom stereocenters. The smallest absolute Gasteiger partial charge is 0.227 e. The van der Waals surface area contributed by atoms with Crippen molar-refractivity contribution in [1.29, 1.82) is 0 Å². The highest BCUT2D eigenvalue weighted by Gasteiger charge is 2.28. The molecule has 1 aliphatic rings. The third-order valence-corrected chi connectivity index (χ3v) is 3.84. The van der Waals surface area contributed by atoms with Crippen molar-refractivity contribution < 1.29 is 4.74 Å². The molecule has 0 radical (unpaired) electrons. The van der Waals surface area contributed by atoms with Gasteiger partial charge >= 0.3 is 0 Å². The normalized spacial score (nSPS) is 14.1. The number of anilines is 1. The van der Waals surface area contributed by atoms with E-state index in [9.17, 15) is 0 Å². The highest BCUT2D eigenvalue weighted by Crippen LogP contribution is 2.41. The summed E-state index contributed by atoms with van der Waals surface area (Å²) in [5.74, 6) is 8.08. The highest BCUT2D eigenvalue weighted by atomic mass is 35.5. The quantitative estimate of drug-likeness (QED) is 0.655. The van der Waals surface area contributed by atoms with Crippen LogP contribution < -0.4 is 16.0 Å². The Morgan fingerprint density at radius 1 is 1.29 bits per heavy atom. The number of nitrogens with one attached hydrogen (secondary N) is 1. The van der Waals surface area contributed by atoms with Crippen molar-refractivity contribution in [2.45, 2.75) is 25.7 Å². The summed E-state index contributed by atoms with van der Waals surface area (Å²) < 4.78 is 5.82. The zero-order valence-corrected chi connectivity index (χ0v) is 12.9. The number of nitrogens with two attached hydrogens (primary N) is 1. The Labute approximate surface area is 132 Å². The van der Waals surface area contributed by atoms with Gasteiger partial charge in [-0.25, -0.2) is 10.8 Å². The first-order valence-corrected chi connectivity index (χ1v) is 7.32. The predicted molar refractivity (Wildman–Crippen MR) is 83.1 cm³/mol. The molecule has 1 aromatic carbocycles. The summed E-state index contributed by atoms with van der Waals surface area (Å²) in [7, 11) is 0. The fourth-order valence-corrected chi connectivity index (χ4v) is 2.25. The molecule has 1 saturated carbocycles. The van der Waals surface area contributed by atoms with Crippen molar-refractivity contribution in [3.63, 3.8) is 0 Å². The zero-order chi connectivity index (χ0) is 15.0. The molecule has 0 unspecified atom stereocenters. The molecule has 110 valence electrons. The molecule has 7 heteroatoms. The lowest BCUT2D eigenvalue weighted by atomic mass is 10.3. The Morgan fingerprint density at radius 3 is 2.71 bits per heavy atom. The van der Waals surface area contributed by atoms with Crippen LogP contribution in [0.25, 0.3) is 0 Å². The summed E-state index contributed by atoms with van der Waals surface area (Å²) in [6.07, 6.45) is 2.18. The summed E-state index contributed by atoms with van der Waals surface area (Å²) in [6.45, 7) is 1.83. The van der Waals surface area contributed by atoms with Crippen LogP contribution in [-0.2, 0) is 0 Å². The van der Waals surface area contributed by atoms with Crippen LogP contribution in [0.5, 0.6) is 11.6 Å². The second-order valence-corrected chi connectivity index (χ2v) is 5.80. The predicted octanol–water partition coefficient (Wildman–Crippen LogP) is 4.05. The van der Waals surface area contributed by atoms with Crippen LogP contribution in [0, 0.1) is 6.92 Å². The maximum absolute atomic E-state index is 6.12. The van der Waals surface area contributed by atoms with Gasteiger partial charge in [-0.2, -0.15) is 4.98 Å². The number of nitrogen functional groups attached to an aromatic ring is 1. The van der Waals surface area contributed by atoms with Crippen LogP contribution in [0.3, 0.4) is 0 Å². The average molecular weight is 325 g/mol.